The Morgan fingerprint density at radius 1 is 1.18 bits per heavy atom. The third-order valence-electron chi connectivity index (χ3n) is 5.94. The highest BCUT2D eigenvalue weighted by Gasteiger charge is 2.48. The lowest BCUT2D eigenvalue weighted by Crippen LogP contribution is -2.29. The summed E-state index contributed by atoms with van der Waals surface area (Å²) in [6.45, 7) is 4.43. The van der Waals surface area contributed by atoms with Crippen molar-refractivity contribution in [3.63, 3.8) is 0 Å². The second kappa shape index (κ2) is 7.96. The SMILES string of the molecule is Cc1cnc(Nc2ccnn2C)cc1-c1cc2n(c1)CC(C)Cn1c-2nnc1C(F)(F)C(F)F. The second-order valence-corrected chi connectivity index (χ2v) is 8.60. The Balaban J connectivity index is 1.57. The molecule has 8 nitrogen and oxygen atoms in total. The number of fused-ring (bicyclic) bond motifs is 3. The van der Waals surface area contributed by atoms with E-state index in [9.17, 15) is 17.6 Å². The Morgan fingerprint density at radius 2 is 1.97 bits per heavy atom. The van der Waals surface area contributed by atoms with Crippen LogP contribution in [0.5, 0.6) is 0 Å². The van der Waals surface area contributed by atoms with Crippen molar-refractivity contribution in [2.75, 3.05) is 5.32 Å². The molecular formula is C22H22F4N8. The first-order valence-electron chi connectivity index (χ1n) is 10.7. The highest BCUT2D eigenvalue weighted by Crippen LogP contribution is 2.38. The van der Waals surface area contributed by atoms with Crippen molar-refractivity contribution in [2.45, 2.75) is 39.3 Å². The van der Waals surface area contributed by atoms with E-state index in [0.29, 0.717) is 18.1 Å². The zero-order chi connectivity index (χ0) is 24.2. The van der Waals surface area contributed by atoms with Gasteiger partial charge in [0.05, 0.1) is 11.9 Å². The monoisotopic (exact) mass is 474 g/mol. The maximum Gasteiger partial charge on any atom is 0.365 e. The lowest BCUT2D eigenvalue weighted by atomic mass is 10.1. The summed E-state index contributed by atoms with van der Waals surface area (Å²) in [5, 5.41) is 14.7. The van der Waals surface area contributed by atoms with Gasteiger partial charge in [-0.2, -0.15) is 13.9 Å². The maximum atomic E-state index is 14.2. The molecule has 5 rings (SSSR count). The molecule has 1 aliphatic heterocycles. The minimum Gasteiger partial charge on any atom is -0.344 e. The predicted octanol–water partition coefficient (Wildman–Crippen LogP) is 4.60. The lowest BCUT2D eigenvalue weighted by Gasteiger charge is -2.17. The summed E-state index contributed by atoms with van der Waals surface area (Å²) >= 11 is 0. The van der Waals surface area contributed by atoms with E-state index in [-0.39, 0.29) is 18.3 Å². The lowest BCUT2D eigenvalue weighted by molar-refractivity contribution is -0.143. The van der Waals surface area contributed by atoms with Crippen LogP contribution in [0, 0.1) is 12.8 Å². The van der Waals surface area contributed by atoms with Gasteiger partial charge in [-0.1, -0.05) is 6.92 Å². The topological polar surface area (TPSA) is 78.4 Å². The Labute approximate surface area is 192 Å². The van der Waals surface area contributed by atoms with Crippen molar-refractivity contribution in [3.05, 3.63) is 48.2 Å². The highest BCUT2D eigenvalue weighted by molar-refractivity contribution is 5.74. The van der Waals surface area contributed by atoms with Crippen LogP contribution in [0.15, 0.2) is 36.8 Å². The molecule has 1 atom stereocenters. The first-order valence-corrected chi connectivity index (χ1v) is 10.7. The molecule has 0 bridgehead atoms. The molecule has 0 radical (unpaired) electrons. The van der Waals surface area contributed by atoms with Gasteiger partial charge in [0, 0.05) is 44.2 Å². The minimum atomic E-state index is -4.39. The fraction of sp³-hybridized carbons (Fsp3) is 0.364. The number of pyridine rings is 1. The number of nitrogens with zero attached hydrogens (tertiary/aromatic N) is 7. The van der Waals surface area contributed by atoms with Crippen molar-refractivity contribution in [2.24, 2.45) is 13.0 Å². The minimum absolute atomic E-state index is 0.107. The molecule has 0 aliphatic carbocycles. The number of halogens is 4. The Hall–Kier alpha value is -3.70. The first kappa shape index (κ1) is 22.1. The van der Waals surface area contributed by atoms with Gasteiger partial charge in [-0.15, -0.1) is 10.2 Å². The van der Waals surface area contributed by atoms with Crippen LogP contribution in [0.2, 0.25) is 0 Å². The van der Waals surface area contributed by atoms with Crippen LogP contribution in [0.25, 0.3) is 22.6 Å². The van der Waals surface area contributed by atoms with Gasteiger partial charge in [-0.25, -0.2) is 13.8 Å². The second-order valence-electron chi connectivity index (χ2n) is 8.60. The number of anilines is 2. The van der Waals surface area contributed by atoms with Crippen molar-refractivity contribution < 1.29 is 17.6 Å². The summed E-state index contributed by atoms with van der Waals surface area (Å²) < 4.78 is 59.2. The number of aryl methyl sites for hydroxylation is 2. The fourth-order valence-electron chi connectivity index (χ4n) is 4.24. The summed E-state index contributed by atoms with van der Waals surface area (Å²) in [6, 6.07) is 5.53. The number of hydrogen-bond acceptors (Lipinski definition) is 5. The van der Waals surface area contributed by atoms with Crippen molar-refractivity contribution >= 4 is 11.6 Å². The zero-order valence-corrected chi connectivity index (χ0v) is 18.7. The Morgan fingerprint density at radius 3 is 2.68 bits per heavy atom. The van der Waals surface area contributed by atoms with Crippen molar-refractivity contribution in [1.82, 2.24) is 34.1 Å². The molecule has 0 aromatic carbocycles. The van der Waals surface area contributed by atoms with E-state index in [1.165, 1.54) is 0 Å². The average molecular weight is 474 g/mol. The smallest absolute Gasteiger partial charge is 0.344 e. The zero-order valence-electron chi connectivity index (χ0n) is 18.7. The molecule has 12 heteroatoms. The van der Waals surface area contributed by atoms with Gasteiger partial charge in [-0.05, 0) is 36.1 Å². The van der Waals surface area contributed by atoms with E-state index >= 15 is 0 Å². The van der Waals surface area contributed by atoms with Gasteiger partial charge in [-0.3, -0.25) is 4.68 Å². The number of nitrogens with one attached hydrogen (secondary N) is 1. The highest BCUT2D eigenvalue weighted by atomic mass is 19.3. The van der Waals surface area contributed by atoms with Crippen LogP contribution in [0.1, 0.15) is 18.3 Å². The van der Waals surface area contributed by atoms with Crippen LogP contribution in [-0.2, 0) is 26.1 Å². The largest absolute Gasteiger partial charge is 0.365 e. The van der Waals surface area contributed by atoms with Gasteiger partial charge in [0.2, 0.25) is 5.82 Å². The normalized spacial score (nSPS) is 15.8. The molecule has 4 aromatic rings. The van der Waals surface area contributed by atoms with E-state index in [0.717, 1.165) is 27.1 Å². The van der Waals surface area contributed by atoms with E-state index in [1.54, 1.807) is 17.1 Å². The summed E-state index contributed by atoms with van der Waals surface area (Å²) in [7, 11) is 1.81. The van der Waals surface area contributed by atoms with Gasteiger partial charge >= 0.3 is 12.3 Å². The molecule has 0 spiro atoms. The van der Waals surface area contributed by atoms with Crippen LogP contribution in [-0.4, -0.2) is 40.5 Å². The summed E-state index contributed by atoms with van der Waals surface area (Å²) in [6.07, 6.45) is 1.46. The van der Waals surface area contributed by atoms with E-state index in [2.05, 4.69) is 25.6 Å². The molecule has 1 N–H and O–H groups in total. The molecule has 178 valence electrons. The van der Waals surface area contributed by atoms with Gasteiger partial charge in [0.25, 0.3) is 0 Å². The van der Waals surface area contributed by atoms with E-state index in [4.69, 9.17) is 0 Å². The van der Waals surface area contributed by atoms with E-state index < -0.39 is 18.2 Å². The fourth-order valence-corrected chi connectivity index (χ4v) is 4.24. The van der Waals surface area contributed by atoms with Gasteiger partial charge in [0.15, 0.2) is 5.82 Å². The molecule has 34 heavy (non-hydrogen) atoms. The number of rotatable bonds is 5. The Kier molecular flexibility index (Phi) is 5.18. The van der Waals surface area contributed by atoms with Gasteiger partial charge < -0.3 is 14.5 Å². The quantitative estimate of drug-likeness (QED) is 0.428. The third-order valence-corrected chi connectivity index (χ3v) is 5.94. The van der Waals surface area contributed by atoms with Gasteiger partial charge in [0.1, 0.15) is 11.6 Å². The van der Waals surface area contributed by atoms with Crippen LogP contribution >= 0.6 is 0 Å². The average Bonchev–Trinajstić information content (AvgIpc) is 3.47. The third kappa shape index (κ3) is 3.62. The standard InChI is InChI=1S/C22H22F4N8/c1-12-9-33-11-14(15-7-17(27-8-13(15)2)29-18-4-5-28-32(18)3)6-16(33)19-30-31-21(34(19)10-12)22(25,26)20(23)24/h4-8,11-12,20H,9-10H2,1-3H3,(H,27,29). The summed E-state index contributed by atoms with van der Waals surface area (Å²) in [5.74, 6) is -3.98. The molecule has 1 unspecified atom stereocenters. The molecule has 5 heterocycles. The van der Waals surface area contributed by atoms with Crippen LogP contribution in [0.3, 0.4) is 0 Å². The molecule has 4 aromatic heterocycles. The molecule has 0 amide bonds. The van der Waals surface area contributed by atoms with E-state index in [1.807, 2.05) is 49.9 Å². The summed E-state index contributed by atoms with van der Waals surface area (Å²) in [5.41, 5.74) is 3.17. The summed E-state index contributed by atoms with van der Waals surface area (Å²) in [4.78, 5) is 4.43. The van der Waals surface area contributed by atoms with Crippen molar-refractivity contribution in [3.8, 4) is 22.6 Å². The maximum absolute atomic E-state index is 14.2. The molecule has 1 aliphatic rings. The molecule has 0 saturated carbocycles. The Bertz CT molecular complexity index is 1350. The molecule has 0 fully saturated rings. The van der Waals surface area contributed by atoms with Crippen LogP contribution < -0.4 is 5.32 Å². The number of aromatic nitrogens is 7. The van der Waals surface area contributed by atoms with Crippen molar-refractivity contribution in [1.29, 1.82) is 0 Å². The predicted molar refractivity (Wildman–Crippen MR) is 117 cm³/mol. The molecular weight excluding hydrogens is 452 g/mol. The number of alkyl halides is 4. The first-order chi connectivity index (χ1) is 16.1. The van der Waals surface area contributed by atoms with Crippen LogP contribution in [0.4, 0.5) is 29.2 Å². The molecule has 0 saturated heterocycles. The number of hydrogen-bond donors (Lipinski definition) is 1.